The van der Waals surface area contributed by atoms with Gasteiger partial charge in [0, 0.05) is 10.7 Å². The second-order valence-electron chi connectivity index (χ2n) is 3.69. The quantitative estimate of drug-likeness (QED) is 0.886. The lowest BCUT2D eigenvalue weighted by atomic mass is 10.2. The zero-order valence-electron chi connectivity index (χ0n) is 9.53. The van der Waals surface area contributed by atoms with E-state index in [1.807, 2.05) is 0 Å². The number of rotatable bonds is 3. The topological polar surface area (TPSA) is 62.2 Å². The summed E-state index contributed by atoms with van der Waals surface area (Å²) in [6, 6.07) is 2.96. The molecule has 0 bridgehead atoms. The monoisotopic (exact) mass is 322 g/mol. The summed E-state index contributed by atoms with van der Waals surface area (Å²) in [6.07, 6.45) is -3.40. The molecule has 0 aliphatic rings. The van der Waals surface area contributed by atoms with E-state index in [-0.39, 0.29) is 20.7 Å². The SMILES string of the molecule is O=C(O)c1cnc(Nc2cc(Cl)cc(C(F)(F)F)c2)s1. The van der Waals surface area contributed by atoms with Crippen molar-refractivity contribution in [1.29, 1.82) is 0 Å². The highest BCUT2D eigenvalue weighted by Crippen LogP contribution is 2.34. The number of carboxylic acids is 1. The van der Waals surface area contributed by atoms with Gasteiger partial charge in [0.15, 0.2) is 5.13 Å². The number of nitrogens with zero attached hydrogens (tertiary/aromatic N) is 1. The molecule has 1 aromatic carbocycles. The molecule has 0 atom stereocenters. The second kappa shape index (κ2) is 5.29. The summed E-state index contributed by atoms with van der Waals surface area (Å²) < 4.78 is 37.9. The molecule has 106 valence electrons. The first kappa shape index (κ1) is 14.6. The Morgan fingerprint density at radius 2 is 2.05 bits per heavy atom. The van der Waals surface area contributed by atoms with Gasteiger partial charge in [0.2, 0.25) is 0 Å². The number of thiazole rings is 1. The van der Waals surface area contributed by atoms with E-state index in [4.69, 9.17) is 16.7 Å². The number of aromatic nitrogens is 1. The van der Waals surface area contributed by atoms with Gasteiger partial charge in [-0.15, -0.1) is 0 Å². The van der Waals surface area contributed by atoms with Gasteiger partial charge in [-0.05, 0) is 18.2 Å². The van der Waals surface area contributed by atoms with Crippen LogP contribution in [0.4, 0.5) is 24.0 Å². The van der Waals surface area contributed by atoms with Crippen molar-refractivity contribution in [3.05, 3.63) is 39.9 Å². The smallest absolute Gasteiger partial charge is 0.416 e. The van der Waals surface area contributed by atoms with Crippen LogP contribution >= 0.6 is 22.9 Å². The number of anilines is 2. The number of carbonyl (C=O) groups is 1. The largest absolute Gasteiger partial charge is 0.477 e. The Morgan fingerprint density at radius 1 is 1.35 bits per heavy atom. The molecule has 0 amide bonds. The molecule has 0 saturated carbocycles. The minimum atomic E-state index is -4.52. The fourth-order valence-electron chi connectivity index (χ4n) is 1.38. The predicted octanol–water partition coefficient (Wildman–Crippen LogP) is 4.26. The highest BCUT2D eigenvalue weighted by molar-refractivity contribution is 7.17. The first-order valence-corrected chi connectivity index (χ1v) is 6.29. The molecule has 4 nitrogen and oxygen atoms in total. The summed E-state index contributed by atoms with van der Waals surface area (Å²) in [4.78, 5) is 14.4. The van der Waals surface area contributed by atoms with Crippen molar-refractivity contribution in [3.8, 4) is 0 Å². The Bertz CT molecular complexity index is 657. The Kier molecular flexibility index (Phi) is 3.87. The lowest BCUT2D eigenvalue weighted by molar-refractivity contribution is -0.137. The van der Waals surface area contributed by atoms with Gasteiger partial charge in [-0.1, -0.05) is 22.9 Å². The number of benzene rings is 1. The average Bonchev–Trinajstić information content (AvgIpc) is 2.75. The molecule has 0 fully saturated rings. The summed E-state index contributed by atoms with van der Waals surface area (Å²) in [7, 11) is 0. The molecule has 2 rings (SSSR count). The molecule has 1 aromatic heterocycles. The molecule has 1 heterocycles. The molecule has 0 unspecified atom stereocenters. The van der Waals surface area contributed by atoms with E-state index >= 15 is 0 Å². The van der Waals surface area contributed by atoms with E-state index in [0.29, 0.717) is 0 Å². The maximum atomic E-state index is 12.6. The molecular weight excluding hydrogens is 317 g/mol. The molecule has 0 radical (unpaired) electrons. The molecular formula is C11H6ClF3N2O2S. The van der Waals surface area contributed by atoms with Crippen LogP contribution in [0.25, 0.3) is 0 Å². The van der Waals surface area contributed by atoms with E-state index in [1.54, 1.807) is 0 Å². The van der Waals surface area contributed by atoms with Crippen LogP contribution in [0.3, 0.4) is 0 Å². The second-order valence-corrected chi connectivity index (χ2v) is 5.15. The zero-order valence-corrected chi connectivity index (χ0v) is 11.1. The third kappa shape index (κ3) is 3.40. The van der Waals surface area contributed by atoms with Crippen molar-refractivity contribution >= 4 is 39.7 Å². The molecule has 0 spiro atoms. The van der Waals surface area contributed by atoms with Crippen molar-refractivity contribution in [3.63, 3.8) is 0 Å². The maximum Gasteiger partial charge on any atom is 0.416 e. The van der Waals surface area contributed by atoms with Crippen molar-refractivity contribution in [1.82, 2.24) is 4.98 Å². The van der Waals surface area contributed by atoms with Crippen LogP contribution in [-0.2, 0) is 6.18 Å². The zero-order chi connectivity index (χ0) is 14.9. The van der Waals surface area contributed by atoms with E-state index in [9.17, 15) is 18.0 Å². The Labute approximate surface area is 119 Å². The summed E-state index contributed by atoms with van der Waals surface area (Å²) in [5, 5.41) is 11.4. The number of carboxylic acid groups (broad SMARTS) is 1. The standard InChI is InChI=1S/C11H6ClF3N2O2S/c12-6-1-5(11(13,14)15)2-7(3-6)17-10-16-4-8(20-10)9(18)19/h1-4H,(H,16,17)(H,18,19). The van der Waals surface area contributed by atoms with Crippen LogP contribution in [0, 0.1) is 0 Å². The third-order valence-electron chi connectivity index (χ3n) is 2.19. The van der Waals surface area contributed by atoms with Gasteiger partial charge in [-0.3, -0.25) is 0 Å². The maximum absolute atomic E-state index is 12.6. The number of alkyl halides is 3. The van der Waals surface area contributed by atoms with Gasteiger partial charge < -0.3 is 10.4 Å². The molecule has 20 heavy (non-hydrogen) atoms. The summed E-state index contributed by atoms with van der Waals surface area (Å²) >= 11 is 6.44. The number of nitrogens with one attached hydrogen (secondary N) is 1. The molecule has 0 aliphatic heterocycles. The Balaban J connectivity index is 2.28. The number of aromatic carboxylic acids is 1. The lowest BCUT2D eigenvalue weighted by Gasteiger charge is -2.10. The van der Waals surface area contributed by atoms with Gasteiger partial charge in [0.05, 0.1) is 11.8 Å². The Morgan fingerprint density at radius 3 is 2.60 bits per heavy atom. The van der Waals surface area contributed by atoms with Gasteiger partial charge in [0.25, 0.3) is 0 Å². The van der Waals surface area contributed by atoms with Crippen molar-refractivity contribution in [2.45, 2.75) is 6.18 Å². The predicted molar refractivity (Wildman–Crippen MR) is 68.8 cm³/mol. The summed E-state index contributed by atoms with van der Waals surface area (Å²) in [6.45, 7) is 0. The molecule has 0 saturated heterocycles. The molecule has 0 aliphatic carbocycles. The highest BCUT2D eigenvalue weighted by atomic mass is 35.5. The third-order valence-corrected chi connectivity index (χ3v) is 3.31. The van der Waals surface area contributed by atoms with E-state index in [1.165, 1.54) is 6.07 Å². The fourth-order valence-corrected chi connectivity index (χ4v) is 2.29. The number of halogens is 4. The molecule has 2 aromatic rings. The van der Waals surface area contributed by atoms with Gasteiger partial charge in [0.1, 0.15) is 4.88 Å². The van der Waals surface area contributed by atoms with Crippen molar-refractivity contribution in [2.75, 3.05) is 5.32 Å². The first-order valence-electron chi connectivity index (χ1n) is 5.09. The van der Waals surface area contributed by atoms with Crippen LogP contribution in [0.1, 0.15) is 15.2 Å². The van der Waals surface area contributed by atoms with Crippen molar-refractivity contribution < 1.29 is 23.1 Å². The van der Waals surface area contributed by atoms with Crippen LogP contribution in [0.15, 0.2) is 24.4 Å². The summed E-state index contributed by atoms with van der Waals surface area (Å²) in [5.74, 6) is -1.15. The lowest BCUT2D eigenvalue weighted by Crippen LogP contribution is -2.05. The van der Waals surface area contributed by atoms with Gasteiger partial charge >= 0.3 is 12.1 Å². The van der Waals surface area contributed by atoms with Gasteiger partial charge in [-0.2, -0.15) is 13.2 Å². The number of hydrogen-bond acceptors (Lipinski definition) is 4. The fraction of sp³-hybridized carbons (Fsp3) is 0.0909. The van der Waals surface area contributed by atoms with Crippen LogP contribution < -0.4 is 5.32 Å². The van der Waals surface area contributed by atoms with Crippen LogP contribution in [0.5, 0.6) is 0 Å². The normalized spacial score (nSPS) is 11.4. The van der Waals surface area contributed by atoms with Crippen LogP contribution in [-0.4, -0.2) is 16.1 Å². The van der Waals surface area contributed by atoms with E-state index in [2.05, 4.69) is 10.3 Å². The minimum Gasteiger partial charge on any atom is -0.477 e. The van der Waals surface area contributed by atoms with E-state index < -0.39 is 17.7 Å². The number of hydrogen-bond donors (Lipinski definition) is 2. The Hall–Kier alpha value is -1.80. The highest BCUT2D eigenvalue weighted by Gasteiger charge is 2.31. The van der Waals surface area contributed by atoms with Gasteiger partial charge in [-0.25, -0.2) is 9.78 Å². The average molecular weight is 323 g/mol. The first-order chi connectivity index (χ1) is 9.25. The summed E-state index contributed by atoms with van der Waals surface area (Å²) in [5.41, 5.74) is -0.821. The molecule has 9 heteroatoms. The van der Waals surface area contributed by atoms with Crippen molar-refractivity contribution in [2.24, 2.45) is 0 Å². The van der Waals surface area contributed by atoms with Crippen LogP contribution in [0.2, 0.25) is 5.02 Å². The van der Waals surface area contributed by atoms with E-state index in [0.717, 1.165) is 29.7 Å². The molecule has 2 N–H and O–H groups in total. The minimum absolute atomic E-state index is 0.0226.